The summed E-state index contributed by atoms with van der Waals surface area (Å²) >= 11 is 6.29. The van der Waals surface area contributed by atoms with Crippen LogP contribution in [-0.4, -0.2) is 24.8 Å². The highest BCUT2D eigenvalue weighted by molar-refractivity contribution is 6.30. The highest BCUT2D eigenvalue weighted by atomic mass is 35.5. The molecule has 0 radical (unpaired) electrons. The summed E-state index contributed by atoms with van der Waals surface area (Å²) in [6, 6.07) is 10.4. The molecule has 132 valence electrons. The SMILES string of the molecule is CCOc1ccc2c(c1)CN(Cc1cc(Cl)cc3c1OCOC3)CC2. The first kappa shape index (κ1) is 16.7. The van der Waals surface area contributed by atoms with Crippen molar-refractivity contribution >= 4 is 11.6 Å². The summed E-state index contributed by atoms with van der Waals surface area (Å²) in [5.74, 6) is 1.88. The monoisotopic (exact) mass is 359 g/mol. The summed E-state index contributed by atoms with van der Waals surface area (Å²) < 4.78 is 16.8. The summed E-state index contributed by atoms with van der Waals surface area (Å²) in [5.41, 5.74) is 4.93. The van der Waals surface area contributed by atoms with E-state index < -0.39 is 0 Å². The van der Waals surface area contributed by atoms with E-state index in [2.05, 4.69) is 23.1 Å². The van der Waals surface area contributed by atoms with Crippen molar-refractivity contribution in [2.24, 2.45) is 0 Å². The van der Waals surface area contributed by atoms with Crippen LogP contribution in [0.25, 0.3) is 0 Å². The van der Waals surface area contributed by atoms with Crippen LogP contribution in [0.15, 0.2) is 30.3 Å². The minimum absolute atomic E-state index is 0.308. The van der Waals surface area contributed by atoms with Gasteiger partial charge in [0.25, 0.3) is 0 Å². The molecule has 0 atom stereocenters. The second-order valence-corrected chi connectivity index (χ2v) is 6.92. The van der Waals surface area contributed by atoms with Gasteiger partial charge in [-0.25, -0.2) is 0 Å². The molecule has 0 N–H and O–H groups in total. The molecule has 0 amide bonds. The molecule has 25 heavy (non-hydrogen) atoms. The third-order valence-electron chi connectivity index (χ3n) is 4.73. The molecule has 0 saturated carbocycles. The highest BCUT2D eigenvalue weighted by Crippen LogP contribution is 2.33. The van der Waals surface area contributed by atoms with E-state index in [1.807, 2.05) is 19.1 Å². The lowest BCUT2D eigenvalue weighted by molar-refractivity contribution is -0.0175. The first-order valence-corrected chi connectivity index (χ1v) is 9.09. The smallest absolute Gasteiger partial charge is 0.189 e. The van der Waals surface area contributed by atoms with Crippen molar-refractivity contribution in [3.05, 3.63) is 57.6 Å². The zero-order valence-corrected chi connectivity index (χ0v) is 15.1. The standard InChI is InChI=1S/C20H22ClNO3/c1-2-24-19-4-3-14-5-6-22(10-15(14)9-19)11-16-7-18(21)8-17-12-23-13-25-20(16)17/h3-4,7-9H,2,5-6,10-13H2,1H3. The van der Waals surface area contributed by atoms with Crippen LogP contribution >= 0.6 is 11.6 Å². The van der Waals surface area contributed by atoms with Crippen LogP contribution in [0.2, 0.25) is 5.02 Å². The van der Waals surface area contributed by atoms with E-state index in [9.17, 15) is 0 Å². The minimum atomic E-state index is 0.308. The lowest BCUT2D eigenvalue weighted by Crippen LogP contribution is -2.30. The molecule has 0 aliphatic carbocycles. The zero-order valence-electron chi connectivity index (χ0n) is 14.4. The largest absolute Gasteiger partial charge is 0.494 e. The van der Waals surface area contributed by atoms with E-state index >= 15 is 0 Å². The summed E-state index contributed by atoms with van der Waals surface area (Å²) in [7, 11) is 0. The van der Waals surface area contributed by atoms with Gasteiger partial charge in [0.15, 0.2) is 6.79 Å². The van der Waals surface area contributed by atoms with Crippen LogP contribution in [-0.2, 0) is 30.9 Å². The minimum Gasteiger partial charge on any atom is -0.494 e. The topological polar surface area (TPSA) is 30.9 Å². The fourth-order valence-electron chi connectivity index (χ4n) is 3.60. The molecule has 2 heterocycles. The second kappa shape index (κ2) is 7.24. The number of rotatable bonds is 4. The molecule has 2 aliphatic rings. The normalized spacial score (nSPS) is 16.7. The Hall–Kier alpha value is -1.75. The average molecular weight is 360 g/mol. The van der Waals surface area contributed by atoms with Crippen LogP contribution in [0.4, 0.5) is 0 Å². The van der Waals surface area contributed by atoms with Gasteiger partial charge in [-0.15, -0.1) is 0 Å². The quantitative estimate of drug-likeness (QED) is 0.820. The van der Waals surface area contributed by atoms with E-state index in [-0.39, 0.29) is 0 Å². The van der Waals surface area contributed by atoms with Gasteiger partial charge in [0.2, 0.25) is 0 Å². The number of hydrogen-bond acceptors (Lipinski definition) is 4. The molecule has 4 rings (SSSR count). The van der Waals surface area contributed by atoms with Crippen LogP contribution in [0.1, 0.15) is 29.2 Å². The number of halogens is 1. The van der Waals surface area contributed by atoms with E-state index in [0.717, 1.165) is 53.7 Å². The number of fused-ring (bicyclic) bond motifs is 2. The van der Waals surface area contributed by atoms with Crippen LogP contribution in [0.3, 0.4) is 0 Å². The molecule has 0 fully saturated rings. The molecule has 4 nitrogen and oxygen atoms in total. The molecule has 5 heteroatoms. The van der Waals surface area contributed by atoms with Gasteiger partial charge < -0.3 is 14.2 Å². The fraction of sp³-hybridized carbons (Fsp3) is 0.400. The van der Waals surface area contributed by atoms with E-state index in [4.69, 9.17) is 25.8 Å². The summed E-state index contributed by atoms with van der Waals surface area (Å²) in [6.07, 6.45) is 1.05. The Kier molecular flexibility index (Phi) is 4.84. The Bertz CT molecular complexity index is 778. The molecule has 2 aromatic carbocycles. The van der Waals surface area contributed by atoms with Crippen LogP contribution in [0.5, 0.6) is 11.5 Å². The predicted molar refractivity (Wildman–Crippen MR) is 97.2 cm³/mol. The van der Waals surface area contributed by atoms with Crippen molar-refractivity contribution in [1.82, 2.24) is 4.90 Å². The highest BCUT2D eigenvalue weighted by Gasteiger charge is 2.21. The van der Waals surface area contributed by atoms with Gasteiger partial charge in [-0.1, -0.05) is 17.7 Å². The molecule has 2 aromatic rings. The van der Waals surface area contributed by atoms with Gasteiger partial charge in [0, 0.05) is 35.8 Å². The number of ether oxygens (including phenoxy) is 3. The van der Waals surface area contributed by atoms with Gasteiger partial charge in [0.05, 0.1) is 13.2 Å². The first-order chi connectivity index (χ1) is 12.2. The summed E-state index contributed by atoms with van der Waals surface area (Å²) in [5, 5.41) is 0.735. The van der Waals surface area contributed by atoms with Gasteiger partial charge in [-0.2, -0.15) is 0 Å². The second-order valence-electron chi connectivity index (χ2n) is 6.49. The molecular weight excluding hydrogens is 338 g/mol. The van der Waals surface area contributed by atoms with Crippen molar-refractivity contribution in [2.75, 3.05) is 19.9 Å². The Morgan fingerprint density at radius 1 is 1.16 bits per heavy atom. The molecule has 0 spiro atoms. The first-order valence-electron chi connectivity index (χ1n) is 8.71. The average Bonchev–Trinajstić information content (AvgIpc) is 2.61. The van der Waals surface area contributed by atoms with Crippen molar-refractivity contribution in [2.45, 2.75) is 33.0 Å². The maximum absolute atomic E-state index is 6.29. The molecule has 2 aliphatic heterocycles. The maximum atomic E-state index is 6.29. The number of nitrogens with zero attached hydrogens (tertiary/aromatic N) is 1. The Morgan fingerprint density at radius 2 is 2.08 bits per heavy atom. The Labute approximate surface area is 153 Å². The van der Waals surface area contributed by atoms with Gasteiger partial charge in [-0.05, 0) is 48.7 Å². The Morgan fingerprint density at radius 3 is 2.96 bits per heavy atom. The lowest BCUT2D eigenvalue weighted by atomic mass is 9.98. The molecule has 0 aromatic heterocycles. The van der Waals surface area contributed by atoms with Crippen molar-refractivity contribution in [1.29, 1.82) is 0 Å². The fourth-order valence-corrected chi connectivity index (χ4v) is 3.86. The zero-order chi connectivity index (χ0) is 17.2. The van der Waals surface area contributed by atoms with E-state index in [0.29, 0.717) is 20.0 Å². The van der Waals surface area contributed by atoms with Crippen molar-refractivity contribution in [3.63, 3.8) is 0 Å². The van der Waals surface area contributed by atoms with E-state index in [1.54, 1.807) is 0 Å². The summed E-state index contributed by atoms with van der Waals surface area (Å²) in [6.45, 7) is 6.33. The molecule has 0 unspecified atom stereocenters. The predicted octanol–water partition coefficient (Wildman–Crippen LogP) is 4.16. The maximum Gasteiger partial charge on any atom is 0.189 e. The third kappa shape index (κ3) is 3.61. The number of hydrogen-bond donors (Lipinski definition) is 0. The molecule has 0 saturated heterocycles. The lowest BCUT2D eigenvalue weighted by Gasteiger charge is -2.30. The van der Waals surface area contributed by atoms with Crippen molar-refractivity contribution < 1.29 is 14.2 Å². The van der Waals surface area contributed by atoms with Crippen LogP contribution in [0, 0.1) is 0 Å². The number of benzene rings is 2. The van der Waals surface area contributed by atoms with Gasteiger partial charge >= 0.3 is 0 Å². The Balaban J connectivity index is 1.55. The van der Waals surface area contributed by atoms with E-state index in [1.165, 1.54) is 11.1 Å². The van der Waals surface area contributed by atoms with Crippen molar-refractivity contribution in [3.8, 4) is 11.5 Å². The van der Waals surface area contributed by atoms with Gasteiger partial charge in [0.1, 0.15) is 11.5 Å². The van der Waals surface area contributed by atoms with Gasteiger partial charge in [-0.3, -0.25) is 4.90 Å². The third-order valence-corrected chi connectivity index (χ3v) is 4.94. The molecule has 0 bridgehead atoms. The summed E-state index contributed by atoms with van der Waals surface area (Å²) in [4.78, 5) is 2.43. The molecular formula is C20H22ClNO3. The van der Waals surface area contributed by atoms with Crippen LogP contribution < -0.4 is 9.47 Å².